The molecule has 0 saturated heterocycles. The topological polar surface area (TPSA) is 29.1 Å². The van der Waals surface area contributed by atoms with Gasteiger partial charge in [0.2, 0.25) is 5.91 Å². The Labute approximate surface area is 110 Å². The lowest BCUT2D eigenvalue weighted by Crippen LogP contribution is -2.27. The number of halogens is 1. The van der Waals surface area contributed by atoms with Gasteiger partial charge in [-0.05, 0) is 59.2 Å². The van der Waals surface area contributed by atoms with Crippen molar-refractivity contribution in [1.82, 2.24) is 0 Å². The van der Waals surface area contributed by atoms with Crippen molar-refractivity contribution in [2.24, 2.45) is 17.8 Å². The monoisotopic (exact) mass is 293 g/mol. The van der Waals surface area contributed by atoms with Crippen LogP contribution in [0.5, 0.6) is 0 Å². The molecule has 1 aromatic rings. The van der Waals surface area contributed by atoms with Crippen LogP contribution in [0.4, 0.5) is 5.69 Å². The molecule has 0 aliphatic heterocycles. The second-order valence-electron chi connectivity index (χ2n) is 5.25. The Hall–Kier alpha value is -0.830. The first kappa shape index (κ1) is 11.3. The normalized spacial score (nSPS) is 30.5. The van der Waals surface area contributed by atoms with E-state index >= 15 is 0 Å². The van der Waals surface area contributed by atoms with Crippen LogP contribution in [0.15, 0.2) is 28.7 Å². The number of anilines is 1. The molecule has 0 spiro atoms. The molecular weight excluding hydrogens is 278 g/mol. The second-order valence-corrected chi connectivity index (χ2v) is 6.10. The second kappa shape index (κ2) is 4.45. The van der Waals surface area contributed by atoms with E-state index in [0.717, 1.165) is 22.5 Å². The van der Waals surface area contributed by atoms with E-state index in [4.69, 9.17) is 0 Å². The summed E-state index contributed by atoms with van der Waals surface area (Å²) in [5.74, 6) is 1.92. The van der Waals surface area contributed by atoms with Crippen LogP contribution in [0.2, 0.25) is 0 Å². The number of carbonyl (C=O) groups excluding carboxylic acids is 1. The van der Waals surface area contributed by atoms with E-state index < -0.39 is 0 Å². The van der Waals surface area contributed by atoms with Gasteiger partial charge < -0.3 is 5.32 Å². The molecule has 1 aromatic carbocycles. The van der Waals surface area contributed by atoms with Gasteiger partial charge in [0.05, 0.1) is 5.69 Å². The molecule has 90 valence electrons. The molecule has 17 heavy (non-hydrogen) atoms. The van der Waals surface area contributed by atoms with Crippen LogP contribution < -0.4 is 5.32 Å². The molecule has 3 atom stereocenters. The molecular formula is C14H16BrNO. The van der Waals surface area contributed by atoms with E-state index in [2.05, 4.69) is 21.2 Å². The Bertz CT molecular complexity index is 446. The molecule has 0 aromatic heterocycles. The number of amides is 1. The van der Waals surface area contributed by atoms with Crippen LogP contribution in [0.25, 0.3) is 0 Å². The molecule has 2 nitrogen and oxygen atoms in total. The van der Waals surface area contributed by atoms with Crippen molar-refractivity contribution in [2.45, 2.75) is 25.7 Å². The third-order valence-electron chi connectivity index (χ3n) is 4.21. The summed E-state index contributed by atoms with van der Waals surface area (Å²) in [4.78, 5) is 12.2. The molecule has 0 radical (unpaired) electrons. The largest absolute Gasteiger partial charge is 0.325 e. The summed E-state index contributed by atoms with van der Waals surface area (Å²) in [6.07, 6.45) is 4.96. The Morgan fingerprint density at radius 3 is 2.71 bits per heavy atom. The van der Waals surface area contributed by atoms with Gasteiger partial charge in [-0.3, -0.25) is 4.79 Å². The van der Waals surface area contributed by atoms with Crippen LogP contribution in [0.1, 0.15) is 25.7 Å². The minimum Gasteiger partial charge on any atom is -0.325 e. The number of fused-ring (bicyclic) bond motifs is 2. The van der Waals surface area contributed by atoms with E-state index in [-0.39, 0.29) is 11.8 Å². The lowest BCUT2D eigenvalue weighted by atomic mass is 9.88. The van der Waals surface area contributed by atoms with Gasteiger partial charge >= 0.3 is 0 Å². The number of rotatable bonds is 2. The lowest BCUT2D eigenvalue weighted by Gasteiger charge is -2.21. The Morgan fingerprint density at radius 1 is 1.24 bits per heavy atom. The fourth-order valence-corrected chi connectivity index (χ4v) is 3.74. The average Bonchev–Trinajstić information content (AvgIpc) is 2.94. The summed E-state index contributed by atoms with van der Waals surface area (Å²) < 4.78 is 0.955. The number of hydrogen-bond donors (Lipinski definition) is 1. The van der Waals surface area contributed by atoms with Crippen molar-refractivity contribution in [3.63, 3.8) is 0 Å². The van der Waals surface area contributed by atoms with Crippen molar-refractivity contribution in [3.8, 4) is 0 Å². The van der Waals surface area contributed by atoms with Crippen molar-refractivity contribution >= 4 is 27.5 Å². The van der Waals surface area contributed by atoms with Crippen molar-refractivity contribution in [2.75, 3.05) is 5.32 Å². The Morgan fingerprint density at radius 2 is 2.06 bits per heavy atom. The third kappa shape index (κ3) is 2.13. The summed E-state index contributed by atoms with van der Waals surface area (Å²) in [7, 11) is 0. The summed E-state index contributed by atoms with van der Waals surface area (Å²) in [6, 6.07) is 7.80. The van der Waals surface area contributed by atoms with E-state index in [0.29, 0.717) is 5.92 Å². The fraction of sp³-hybridized carbons (Fsp3) is 0.500. The smallest absolute Gasteiger partial charge is 0.227 e. The SMILES string of the molecule is O=C(Nc1ccccc1Br)[C@H]1C[C@@H]2CC[C@@H]1C2. The molecule has 2 fully saturated rings. The highest BCUT2D eigenvalue weighted by atomic mass is 79.9. The molecule has 2 aliphatic carbocycles. The highest BCUT2D eigenvalue weighted by molar-refractivity contribution is 9.10. The minimum atomic E-state index is 0.212. The van der Waals surface area contributed by atoms with Gasteiger partial charge in [0.25, 0.3) is 0 Å². The van der Waals surface area contributed by atoms with Gasteiger partial charge in [0, 0.05) is 10.4 Å². The van der Waals surface area contributed by atoms with Gasteiger partial charge in [-0.1, -0.05) is 18.6 Å². The molecule has 3 heteroatoms. The number of para-hydroxylation sites is 1. The van der Waals surface area contributed by atoms with Crippen molar-refractivity contribution < 1.29 is 4.79 Å². The first-order valence-electron chi connectivity index (χ1n) is 6.29. The zero-order valence-corrected chi connectivity index (χ0v) is 11.2. The van der Waals surface area contributed by atoms with Gasteiger partial charge in [-0.2, -0.15) is 0 Å². The van der Waals surface area contributed by atoms with Crippen LogP contribution in [0.3, 0.4) is 0 Å². The van der Waals surface area contributed by atoms with E-state index in [1.165, 1.54) is 19.3 Å². The van der Waals surface area contributed by atoms with Gasteiger partial charge in [-0.15, -0.1) is 0 Å². The van der Waals surface area contributed by atoms with Gasteiger partial charge in [-0.25, -0.2) is 0 Å². The maximum atomic E-state index is 12.2. The summed E-state index contributed by atoms with van der Waals surface area (Å²) in [5.41, 5.74) is 0.889. The van der Waals surface area contributed by atoms with Gasteiger partial charge in [0.15, 0.2) is 0 Å². The number of hydrogen-bond acceptors (Lipinski definition) is 1. The molecule has 3 rings (SSSR count). The van der Waals surface area contributed by atoms with E-state index in [1.807, 2.05) is 24.3 Å². The number of carbonyl (C=O) groups is 1. The van der Waals surface area contributed by atoms with Crippen LogP contribution in [-0.2, 0) is 4.79 Å². The predicted octanol–water partition coefficient (Wildman–Crippen LogP) is 3.82. The average molecular weight is 294 g/mol. The minimum absolute atomic E-state index is 0.212. The maximum Gasteiger partial charge on any atom is 0.227 e. The first-order valence-corrected chi connectivity index (χ1v) is 7.08. The summed E-state index contributed by atoms with van der Waals surface area (Å²) >= 11 is 3.46. The molecule has 0 heterocycles. The Kier molecular flexibility index (Phi) is 2.95. The first-order chi connectivity index (χ1) is 8.24. The zero-order valence-electron chi connectivity index (χ0n) is 9.66. The molecule has 2 bridgehead atoms. The van der Waals surface area contributed by atoms with Crippen molar-refractivity contribution in [1.29, 1.82) is 0 Å². The highest BCUT2D eigenvalue weighted by Gasteiger charge is 2.43. The van der Waals surface area contributed by atoms with Crippen LogP contribution in [0, 0.1) is 17.8 Å². The molecule has 2 aliphatic rings. The molecule has 0 unspecified atom stereocenters. The third-order valence-corrected chi connectivity index (χ3v) is 4.90. The van der Waals surface area contributed by atoms with Crippen molar-refractivity contribution in [3.05, 3.63) is 28.7 Å². The Balaban J connectivity index is 1.70. The highest BCUT2D eigenvalue weighted by Crippen LogP contribution is 2.48. The molecule has 1 amide bonds. The number of nitrogens with one attached hydrogen (secondary N) is 1. The standard InChI is InChI=1S/C14H16BrNO/c15-12-3-1-2-4-13(12)16-14(17)11-8-9-5-6-10(11)7-9/h1-4,9-11H,5-8H2,(H,16,17)/t9-,10-,11+/m1/s1. The lowest BCUT2D eigenvalue weighted by molar-refractivity contribution is -0.121. The van der Waals surface area contributed by atoms with Crippen LogP contribution >= 0.6 is 15.9 Å². The van der Waals surface area contributed by atoms with E-state index in [1.54, 1.807) is 0 Å². The molecule has 1 N–H and O–H groups in total. The maximum absolute atomic E-state index is 12.2. The molecule has 2 saturated carbocycles. The summed E-state index contributed by atoms with van der Waals surface area (Å²) in [6.45, 7) is 0. The fourth-order valence-electron chi connectivity index (χ4n) is 3.35. The predicted molar refractivity (Wildman–Crippen MR) is 71.7 cm³/mol. The van der Waals surface area contributed by atoms with E-state index in [9.17, 15) is 4.79 Å². The van der Waals surface area contributed by atoms with Crippen LogP contribution in [-0.4, -0.2) is 5.91 Å². The summed E-state index contributed by atoms with van der Waals surface area (Å²) in [5, 5.41) is 3.05. The quantitative estimate of drug-likeness (QED) is 0.882. The zero-order chi connectivity index (χ0) is 11.8. The number of benzene rings is 1. The van der Waals surface area contributed by atoms with Gasteiger partial charge in [0.1, 0.15) is 0 Å².